The van der Waals surface area contributed by atoms with Crippen LogP contribution in [0.2, 0.25) is 0 Å². The smallest absolute Gasteiger partial charge is 0.161 e. The van der Waals surface area contributed by atoms with Gasteiger partial charge in [-0.05, 0) is 20.5 Å². The molecule has 0 fully saturated rings. The molecule has 1 unspecified atom stereocenters. The van der Waals surface area contributed by atoms with Crippen LogP contribution >= 0.6 is 0 Å². The van der Waals surface area contributed by atoms with E-state index < -0.39 is 0 Å². The molecule has 0 aliphatic rings. The van der Waals surface area contributed by atoms with E-state index in [2.05, 4.69) is 16.9 Å². The van der Waals surface area contributed by atoms with Gasteiger partial charge in [0, 0.05) is 6.54 Å². The predicted octanol–water partition coefficient (Wildman–Crippen LogP) is 1.25. The lowest BCUT2D eigenvalue weighted by molar-refractivity contribution is 0.359. The van der Waals surface area contributed by atoms with Crippen molar-refractivity contribution in [2.45, 2.75) is 32.4 Å². The van der Waals surface area contributed by atoms with Gasteiger partial charge in [0.15, 0.2) is 5.75 Å². The van der Waals surface area contributed by atoms with E-state index in [0.29, 0.717) is 0 Å². The lowest BCUT2D eigenvalue weighted by atomic mass is 10.1. The summed E-state index contributed by atoms with van der Waals surface area (Å²) in [6.45, 7) is 3.91. The molecule has 0 bridgehead atoms. The highest BCUT2D eigenvalue weighted by Gasteiger charge is 2.17. The van der Waals surface area contributed by atoms with Crippen LogP contribution in [0.3, 0.4) is 0 Å². The molecule has 0 aliphatic carbocycles. The van der Waals surface area contributed by atoms with E-state index in [0.717, 1.165) is 37.4 Å². The summed E-state index contributed by atoms with van der Waals surface area (Å²) in [5, 5.41) is 4.35. The third kappa shape index (κ3) is 3.71. The predicted molar refractivity (Wildman–Crippen MR) is 69.2 cm³/mol. The number of aromatic nitrogens is 2. The number of nitrogens with zero attached hydrogens (tertiary/aromatic N) is 3. The Bertz CT molecular complexity index is 335. The van der Waals surface area contributed by atoms with E-state index >= 15 is 0 Å². The van der Waals surface area contributed by atoms with E-state index in [1.165, 1.54) is 0 Å². The lowest BCUT2D eigenvalue weighted by Gasteiger charge is -2.16. The summed E-state index contributed by atoms with van der Waals surface area (Å²) < 4.78 is 7.28. The second-order valence-electron chi connectivity index (χ2n) is 4.52. The molecule has 1 heterocycles. The van der Waals surface area contributed by atoms with Crippen LogP contribution in [0.25, 0.3) is 0 Å². The standard InChI is InChI=1S/C12H24N4O/c1-5-6-10(13)12-11(17-4)9-14-16(12)8-7-15(2)3/h9-10H,5-8,13H2,1-4H3. The van der Waals surface area contributed by atoms with E-state index in [4.69, 9.17) is 10.5 Å². The van der Waals surface area contributed by atoms with Gasteiger partial charge >= 0.3 is 0 Å². The second-order valence-corrected chi connectivity index (χ2v) is 4.52. The SMILES string of the molecule is CCCC(N)c1c(OC)cnn1CCN(C)C. The Balaban J connectivity index is 2.85. The normalized spacial score (nSPS) is 13.1. The van der Waals surface area contributed by atoms with Crippen molar-refractivity contribution in [1.82, 2.24) is 14.7 Å². The Morgan fingerprint density at radius 2 is 2.24 bits per heavy atom. The lowest BCUT2D eigenvalue weighted by Crippen LogP contribution is -2.23. The van der Waals surface area contributed by atoms with Crippen LogP contribution in [-0.4, -0.2) is 42.4 Å². The molecule has 0 amide bonds. The van der Waals surface area contributed by atoms with Gasteiger partial charge in [-0.1, -0.05) is 13.3 Å². The zero-order valence-electron chi connectivity index (χ0n) is 11.3. The topological polar surface area (TPSA) is 56.3 Å². The van der Waals surface area contributed by atoms with Crippen molar-refractivity contribution in [3.63, 3.8) is 0 Å². The van der Waals surface area contributed by atoms with Gasteiger partial charge < -0.3 is 15.4 Å². The van der Waals surface area contributed by atoms with Crippen molar-refractivity contribution in [3.8, 4) is 5.75 Å². The van der Waals surface area contributed by atoms with Gasteiger partial charge in [-0.25, -0.2) is 0 Å². The average molecular weight is 240 g/mol. The largest absolute Gasteiger partial charge is 0.493 e. The number of rotatable bonds is 7. The van der Waals surface area contributed by atoms with Crippen molar-refractivity contribution in [2.24, 2.45) is 5.73 Å². The number of likely N-dealkylation sites (N-methyl/N-ethyl adjacent to an activating group) is 1. The minimum absolute atomic E-state index is 0.000359. The summed E-state index contributed by atoms with van der Waals surface area (Å²) in [5.41, 5.74) is 7.19. The number of hydrogen-bond acceptors (Lipinski definition) is 4. The number of hydrogen-bond donors (Lipinski definition) is 1. The maximum Gasteiger partial charge on any atom is 0.161 e. The van der Waals surface area contributed by atoms with Gasteiger partial charge in [-0.3, -0.25) is 4.68 Å². The Morgan fingerprint density at radius 1 is 1.53 bits per heavy atom. The van der Waals surface area contributed by atoms with Crippen LogP contribution in [0.4, 0.5) is 0 Å². The molecule has 1 rings (SSSR count). The molecule has 2 N–H and O–H groups in total. The Kier molecular flexibility index (Phi) is 5.44. The molecular weight excluding hydrogens is 216 g/mol. The van der Waals surface area contributed by atoms with E-state index in [1.807, 2.05) is 18.8 Å². The summed E-state index contributed by atoms with van der Waals surface area (Å²) in [5.74, 6) is 0.796. The molecule has 5 heteroatoms. The number of methoxy groups -OCH3 is 1. The summed E-state index contributed by atoms with van der Waals surface area (Å²) in [6, 6.07) is -0.000359. The molecule has 1 aromatic rings. The third-order valence-corrected chi connectivity index (χ3v) is 2.77. The van der Waals surface area contributed by atoms with Gasteiger partial charge in [0.05, 0.1) is 31.6 Å². The van der Waals surface area contributed by atoms with Gasteiger partial charge in [0.1, 0.15) is 0 Å². The molecule has 1 atom stereocenters. The van der Waals surface area contributed by atoms with Crippen LogP contribution < -0.4 is 10.5 Å². The number of ether oxygens (including phenoxy) is 1. The average Bonchev–Trinajstić information content (AvgIpc) is 2.69. The first-order valence-electron chi connectivity index (χ1n) is 6.10. The van der Waals surface area contributed by atoms with Crippen molar-refractivity contribution in [3.05, 3.63) is 11.9 Å². The van der Waals surface area contributed by atoms with Crippen molar-refractivity contribution >= 4 is 0 Å². The first kappa shape index (κ1) is 14.0. The summed E-state index contributed by atoms with van der Waals surface area (Å²) in [4.78, 5) is 2.13. The molecule has 0 aromatic carbocycles. The highest BCUT2D eigenvalue weighted by molar-refractivity contribution is 5.28. The molecule has 0 aliphatic heterocycles. The summed E-state index contributed by atoms with van der Waals surface area (Å²) in [6.07, 6.45) is 3.76. The molecule has 0 spiro atoms. The summed E-state index contributed by atoms with van der Waals surface area (Å²) >= 11 is 0. The van der Waals surface area contributed by atoms with Crippen LogP contribution in [0, 0.1) is 0 Å². The van der Waals surface area contributed by atoms with Crippen LogP contribution in [0.15, 0.2) is 6.20 Å². The number of nitrogens with two attached hydrogens (primary N) is 1. The molecule has 5 nitrogen and oxygen atoms in total. The van der Waals surface area contributed by atoms with Gasteiger partial charge in [-0.15, -0.1) is 0 Å². The first-order chi connectivity index (χ1) is 8.10. The fourth-order valence-electron chi connectivity index (χ4n) is 1.83. The molecule has 1 aromatic heterocycles. The Hall–Kier alpha value is -1.07. The molecular formula is C12H24N4O. The highest BCUT2D eigenvalue weighted by Crippen LogP contribution is 2.26. The fraction of sp³-hybridized carbons (Fsp3) is 0.750. The van der Waals surface area contributed by atoms with Gasteiger partial charge in [0.2, 0.25) is 0 Å². The third-order valence-electron chi connectivity index (χ3n) is 2.77. The molecule has 0 saturated heterocycles. The van der Waals surface area contributed by atoms with E-state index in [1.54, 1.807) is 13.3 Å². The molecule has 0 saturated carbocycles. The molecule has 98 valence electrons. The van der Waals surface area contributed by atoms with Crippen LogP contribution in [0.1, 0.15) is 31.5 Å². The van der Waals surface area contributed by atoms with Crippen molar-refractivity contribution in [1.29, 1.82) is 0 Å². The monoisotopic (exact) mass is 240 g/mol. The Morgan fingerprint density at radius 3 is 2.76 bits per heavy atom. The maximum atomic E-state index is 6.18. The minimum atomic E-state index is -0.000359. The van der Waals surface area contributed by atoms with Crippen LogP contribution in [0.5, 0.6) is 5.75 Å². The zero-order chi connectivity index (χ0) is 12.8. The first-order valence-corrected chi connectivity index (χ1v) is 6.10. The van der Waals surface area contributed by atoms with E-state index in [-0.39, 0.29) is 6.04 Å². The quantitative estimate of drug-likeness (QED) is 0.779. The Labute approximate surface area is 104 Å². The molecule has 17 heavy (non-hydrogen) atoms. The maximum absolute atomic E-state index is 6.18. The fourth-order valence-corrected chi connectivity index (χ4v) is 1.83. The van der Waals surface area contributed by atoms with Gasteiger partial charge in [-0.2, -0.15) is 5.10 Å². The molecule has 0 radical (unpaired) electrons. The highest BCUT2D eigenvalue weighted by atomic mass is 16.5. The van der Waals surface area contributed by atoms with Crippen molar-refractivity contribution in [2.75, 3.05) is 27.7 Å². The minimum Gasteiger partial charge on any atom is -0.493 e. The second kappa shape index (κ2) is 6.61. The zero-order valence-corrected chi connectivity index (χ0v) is 11.3. The van der Waals surface area contributed by atoms with Crippen molar-refractivity contribution < 1.29 is 4.74 Å². The van der Waals surface area contributed by atoms with Gasteiger partial charge in [0.25, 0.3) is 0 Å². The van der Waals surface area contributed by atoms with E-state index in [9.17, 15) is 0 Å². The summed E-state index contributed by atoms with van der Waals surface area (Å²) in [7, 11) is 5.76. The van der Waals surface area contributed by atoms with Crippen LogP contribution in [-0.2, 0) is 6.54 Å².